The summed E-state index contributed by atoms with van der Waals surface area (Å²) < 4.78 is 0. The van der Waals surface area contributed by atoms with Crippen molar-refractivity contribution in [1.29, 1.82) is 0 Å². The van der Waals surface area contributed by atoms with Crippen LogP contribution < -0.4 is 10.6 Å². The Hall–Kier alpha value is -1.71. The monoisotopic (exact) mass is 234 g/mol. The molecule has 1 saturated heterocycles. The van der Waals surface area contributed by atoms with E-state index in [4.69, 9.17) is 5.73 Å². The third kappa shape index (κ3) is 2.52. The van der Waals surface area contributed by atoms with Crippen molar-refractivity contribution in [3.05, 3.63) is 23.8 Å². The number of anilines is 2. The van der Waals surface area contributed by atoms with Crippen LogP contribution in [-0.2, 0) is 0 Å². The molecule has 1 heterocycles. The molecule has 4 heteroatoms. The van der Waals surface area contributed by atoms with Crippen LogP contribution in [0.4, 0.5) is 11.4 Å². The van der Waals surface area contributed by atoms with Crippen LogP contribution in [0.1, 0.15) is 36.0 Å². The van der Waals surface area contributed by atoms with Gasteiger partial charge in [0.15, 0.2) is 0 Å². The van der Waals surface area contributed by atoms with Gasteiger partial charge in [-0.3, -0.25) is 0 Å². The number of nitrogens with two attached hydrogens (primary N) is 1. The van der Waals surface area contributed by atoms with Crippen molar-refractivity contribution in [1.82, 2.24) is 0 Å². The van der Waals surface area contributed by atoms with Gasteiger partial charge >= 0.3 is 5.97 Å². The van der Waals surface area contributed by atoms with E-state index < -0.39 is 5.97 Å². The summed E-state index contributed by atoms with van der Waals surface area (Å²) in [4.78, 5) is 13.3. The van der Waals surface area contributed by atoms with Crippen LogP contribution in [0, 0.1) is 0 Å². The van der Waals surface area contributed by atoms with Crippen LogP contribution in [0.3, 0.4) is 0 Å². The number of benzene rings is 1. The van der Waals surface area contributed by atoms with Crippen LogP contribution in [0.2, 0.25) is 0 Å². The Morgan fingerprint density at radius 2 is 1.82 bits per heavy atom. The Labute approximate surface area is 101 Å². The van der Waals surface area contributed by atoms with Gasteiger partial charge in [0.25, 0.3) is 0 Å². The van der Waals surface area contributed by atoms with Crippen LogP contribution in [0.15, 0.2) is 18.2 Å². The Balaban J connectivity index is 2.37. The lowest BCUT2D eigenvalue weighted by molar-refractivity contribution is 0.0697. The van der Waals surface area contributed by atoms with E-state index >= 15 is 0 Å². The Morgan fingerprint density at radius 3 is 2.41 bits per heavy atom. The molecule has 4 nitrogen and oxygen atoms in total. The maximum atomic E-state index is 11.2. The molecular weight excluding hydrogens is 216 g/mol. The molecule has 0 aliphatic carbocycles. The minimum Gasteiger partial charge on any atom is -0.478 e. The molecule has 0 unspecified atom stereocenters. The minimum absolute atomic E-state index is 0.312. The van der Waals surface area contributed by atoms with Crippen LogP contribution in [-0.4, -0.2) is 24.2 Å². The fraction of sp³-hybridized carbons (Fsp3) is 0.462. The Bertz CT molecular complexity index is 410. The van der Waals surface area contributed by atoms with Gasteiger partial charge in [-0.05, 0) is 25.0 Å². The van der Waals surface area contributed by atoms with E-state index in [0.717, 1.165) is 25.9 Å². The Kier molecular flexibility index (Phi) is 3.52. The zero-order chi connectivity index (χ0) is 12.3. The highest BCUT2D eigenvalue weighted by atomic mass is 16.4. The standard InChI is InChI=1S/C13H18N2O2/c14-11-7-5-6-10(13(16)17)12(11)15-8-3-1-2-4-9-15/h5-7H,1-4,8-9,14H2,(H,16,17). The van der Waals surface area contributed by atoms with Crippen molar-refractivity contribution >= 4 is 17.3 Å². The normalized spacial score (nSPS) is 16.6. The fourth-order valence-corrected chi connectivity index (χ4v) is 2.38. The number of carbonyl (C=O) groups is 1. The highest BCUT2D eigenvalue weighted by Gasteiger charge is 2.19. The Morgan fingerprint density at radius 1 is 1.18 bits per heavy atom. The molecule has 17 heavy (non-hydrogen) atoms. The molecule has 92 valence electrons. The average Bonchev–Trinajstić information content (AvgIpc) is 2.57. The molecule has 1 aliphatic heterocycles. The summed E-state index contributed by atoms with van der Waals surface area (Å²) in [5.41, 5.74) is 7.51. The fourth-order valence-electron chi connectivity index (χ4n) is 2.38. The van der Waals surface area contributed by atoms with E-state index in [1.807, 2.05) is 0 Å². The summed E-state index contributed by atoms with van der Waals surface area (Å²) in [7, 11) is 0. The lowest BCUT2D eigenvalue weighted by Crippen LogP contribution is -2.27. The number of hydrogen-bond donors (Lipinski definition) is 2. The highest BCUT2D eigenvalue weighted by molar-refractivity contribution is 5.98. The maximum Gasteiger partial charge on any atom is 0.337 e. The van der Waals surface area contributed by atoms with Gasteiger partial charge in [0.1, 0.15) is 0 Å². The summed E-state index contributed by atoms with van der Waals surface area (Å²) in [6.07, 6.45) is 4.64. The van der Waals surface area contributed by atoms with Gasteiger partial charge in [0.05, 0.1) is 16.9 Å². The van der Waals surface area contributed by atoms with E-state index in [9.17, 15) is 9.90 Å². The van der Waals surface area contributed by atoms with Crippen molar-refractivity contribution in [3.63, 3.8) is 0 Å². The molecule has 1 aromatic rings. The lowest BCUT2D eigenvalue weighted by atomic mass is 10.1. The molecule has 1 aliphatic rings. The van der Waals surface area contributed by atoms with Gasteiger partial charge in [-0.25, -0.2) is 4.79 Å². The largest absolute Gasteiger partial charge is 0.478 e. The second kappa shape index (κ2) is 5.08. The summed E-state index contributed by atoms with van der Waals surface area (Å²) in [5.74, 6) is -0.906. The predicted molar refractivity (Wildman–Crippen MR) is 68.5 cm³/mol. The molecular formula is C13H18N2O2. The quantitative estimate of drug-likeness (QED) is 0.771. The second-order valence-corrected chi connectivity index (χ2v) is 4.45. The predicted octanol–water partition coefficient (Wildman–Crippen LogP) is 2.35. The lowest BCUT2D eigenvalue weighted by Gasteiger charge is -2.25. The second-order valence-electron chi connectivity index (χ2n) is 4.45. The molecule has 0 radical (unpaired) electrons. The summed E-state index contributed by atoms with van der Waals surface area (Å²) in [5, 5.41) is 9.21. The van der Waals surface area contributed by atoms with Crippen LogP contribution in [0.25, 0.3) is 0 Å². The topological polar surface area (TPSA) is 66.6 Å². The third-order valence-corrected chi connectivity index (χ3v) is 3.22. The molecule has 0 bridgehead atoms. The zero-order valence-electron chi connectivity index (χ0n) is 9.85. The van der Waals surface area contributed by atoms with E-state index in [1.165, 1.54) is 12.8 Å². The number of nitrogen functional groups attached to an aromatic ring is 1. The van der Waals surface area contributed by atoms with Gasteiger partial charge in [0, 0.05) is 13.1 Å². The smallest absolute Gasteiger partial charge is 0.337 e. The van der Waals surface area contributed by atoms with E-state index in [1.54, 1.807) is 18.2 Å². The molecule has 1 fully saturated rings. The first-order chi connectivity index (χ1) is 8.20. The molecule has 0 saturated carbocycles. The van der Waals surface area contributed by atoms with Gasteiger partial charge in [-0.1, -0.05) is 18.9 Å². The first-order valence-corrected chi connectivity index (χ1v) is 6.07. The van der Waals surface area contributed by atoms with Crippen molar-refractivity contribution < 1.29 is 9.90 Å². The van der Waals surface area contributed by atoms with Crippen molar-refractivity contribution in [2.75, 3.05) is 23.7 Å². The molecule has 2 rings (SSSR count). The zero-order valence-corrected chi connectivity index (χ0v) is 9.85. The highest BCUT2D eigenvalue weighted by Crippen LogP contribution is 2.29. The van der Waals surface area contributed by atoms with E-state index in [0.29, 0.717) is 16.9 Å². The number of para-hydroxylation sites is 1. The maximum absolute atomic E-state index is 11.2. The van der Waals surface area contributed by atoms with Crippen LogP contribution in [0.5, 0.6) is 0 Å². The minimum atomic E-state index is -0.906. The number of carboxylic acid groups (broad SMARTS) is 1. The molecule has 3 N–H and O–H groups in total. The molecule has 0 amide bonds. The SMILES string of the molecule is Nc1cccc(C(=O)O)c1N1CCCCCC1. The number of rotatable bonds is 2. The molecule has 1 aromatic carbocycles. The van der Waals surface area contributed by atoms with Gasteiger partial charge < -0.3 is 15.7 Å². The summed E-state index contributed by atoms with van der Waals surface area (Å²) in [6.45, 7) is 1.79. The third-order valence-electron chi connectivity index (χ3n) is 3.22. The first kappa shape index (κ1) is 11.8. The first-order valence-electron chi connectivity index (χ1n) is 6.07. The molecule has 0 spiro atoms. The van der Waals surface area contributed by atoms with Gasteiger partial charge in [0.2, 0.25) is 0 Å². The number of hydrogen-bond acceptors (Lipinski definition) is 3. The molecule has 0 aromatic heterocycles. The average molecular weight is 234 g/mol. The number of carboxylic acids is 1. The van der Waals surface area contributed by atoms with Crippen LogP contribution >= 0.6 is 0 Å². The van der Waals surface area contributed by atoms with Gasteiger partial charge in [-0.2, -0.15) is 0 Å². The summed E-state index contributed by atoms with van der Waals surface area (Å²) in [6, 6.07) is 5.09. The van der Waals surface area contributed by atoms with Crippen molar-refractivity contribution in [3.8, 4) is 0 Å². The van der Waals surface area contributed by atoms with Crippen molar-refractivity contribution in [2.24, 2.45) is 0 Å². The van der Waals surface area contributed by atoms with E-state index in [2.05, 4.69) is 4.90 Å². The van der Waals surface area contributed by atoms with Crippen molar-refractivity contribution in [2.45, 2.75) is 25.7 Å². The number of nitrogens with zero attached hydrogens (tertiary/aromatic N) is 1. The summed E-state index contributed by atoms with van der Waals surface area (Å²) >= 11 is 0. The molecule has 0 atom stereocenters. The van der Waals surface area contributed by atoms with E-state index in [-0.39, 0.29) is 0 Å². The number of aromatic carboxylic acids is 1. The van der Waals surface area contributed by atoms with Gasteiger partial charge in [-0.15, -0.1) is 0 Å².